The zero-order chi connectivity index (χ0) is 26.1. The molecule has 0 bridgehead atoms. The number of halogens is 2. The van der Waals surface area contributed by atoms with Gasteiger partial charge in [-0.3, -0.25) is 19.2 Å². The second-order valence-corrected chi connectivity index (χ2v) is 11.1. The van der Waals surface area contributed by atoms with Crippen LogP contribution in [0.4, 0.5) is 8.78 Å². The summed E-state index contributed by atoms with van der Waals surface area (Å²) in [5, 5.41) is 11.5. The molecule has 0 heterocycles. The molecule has 9 atom stereocenters. The van der Waals surface area contributed by atoms with Gasteiger partial charge < -0.3 is 14.6 Å². The van der Waals surface area contributed by atoms with Crippen LogP contribution in [0.15, 0.2) is 23.6 Å². The lowest BCUT2D eigenvalue weighted by atomic mass is 9.45. The highest BCUT2D eigenvalue weighted by atomic mass is 19.1. The molecule has 0 aromatic rings. The van der Waals surface area contributed by atoms with E-state index in [2.05, 4.69) is 0 Å². The van der Waals surface area contributed by atoms with E-state index in [1.807, 2.05) is 0 Å². The summed E-state index contributed by atoms with van der Waals surface area (Å²) in [4.78, 5) is 49.2. The number of carbonyl (C=O) groups is 4. The fraction of sp³-hybridized carbons (Fsp3) is 0.692. The van der Waals surface area contributed by atoms with Gasteiger partial charge in [-0.05, 0) is 37.2 Å². The number of aliphatic hydroxyl groups excluding tert-OH is 1. The van der Waals surface area contributed by atoms with Crippen molar-refractivity contribution in [3.05, 3.63) is 23.6 Å². The number of aliphatic hydroxyl groups is 1. The Kier molecular flexibility index (Phi) is 6.10. The number of Topliss-reactive ketones (excluding diaryl/α,β-unsaturated/α-hetero) is 1. The molecule has 3 fully saturated rings. The Labute approximate surface area is 202 Å². The van der Waals surface area contributed by atoms with Crippen molar-refractivity contribution in [2.45, 2.75) is 71.8 Å². The van der Waals surface area contributed by atoms with Crippen molar-refractivity contribution < 1.29 is 42.5 Å². The van der Waals surface area contributed by atoms with Crippen LogP contribution in [-0.4, -0.2) is 53.1 Å². The van der Waals surface area contributed by atoms with Gasteiger partial charge in [-0.25, -0.2) is 8.78 Å². The molecule has 35 heavy (non-hydrogen) atoms. The molecular formula is C26H32F2O7. The maximum absolute atomic E-state index is 15.6. The average molecular weight is 495 g/mol. The number of carbonyl (C=O) groups excluding carboxylic acids is 4. The maximum atomic E-state index is 15.6. The number of fused-ring (bicyclic) bond motifs is 5. The van der Waals surface area contributed by atoms with E-state index in [4.69, 9.17) is 9.47 Å². The number of ether oxygens (including phenoxy) is 2. The summed E-state index contributed by atoms with van der Waals surface area (Å²) in [6.45, 7) is 6.93. The molecule has 4 aliphatic rings. The summed E-state index contributed by atoms with van der Waals surface area (Å²) in [5.74, 6) is -5.84. The maximum Gasteiger partial charge on any atom is 0.303 e. The third kappa shape index (κ3) is 3.44. The molecule has 1 N–H and O–H groups in total. The minimum Gasteiger partial charge on any atom is -0.458 e. The van der Waals surface area contributed by atoms with Gasteiger partial charge >= 0.3 is 11.9 Å². The van der Waals surface area contributed by atoms with Gasteiger partial charge in [-0.15, -0.1) is 0 Å². The molecule has 0 aliphatic heterocycles. The van der Waals surface area contributed by atoms with Gasteiger partial charge in [0.2, 0.25) is 11.6 Å². The van der Waals surface area contributed by atoms with E-state index < -0.39 is 82.4 Å². The molecule has 192 valence electrons. The normalized spacial score (nSPS) is 44.3. The molecule has 3 saturated carbocycles. The summed E-state index contributed by atoms with van der Waals surface area (Å²) >= 11 is 0. The van der Waals surface area contributed by atoms with Gasteiger partial charge in [0, 0.05) is 42.1 Å². The van der Waals surface area contributed by atoms with Crippen LogP contribution in [0.25, 0.3) is 0 Å². The van der Waals surface area contributed by atoms with E-state index in [9.17, 15) is 28.7 Å². The second kappa shape index (κ2) is 8.32. The van der Waals surface area contributed by atoms with Crippen molar-refractivity contribution in [1.82, 2.24) is 0 Å². The fourth-order valence-electron chi connectivity index (χ4n) is 8.12. The lowest BCUT2D eigenvalue weighted by molar-refractivity contribution is -0.206. The number of alkyl halides is 1. The van der Waals surface area contributed by atoms with Gasteiger partial charge in [0.05, 0.1) is 6.10 Å². The standard InChI is InChI=1S/C26H32F2O7/c1-12-8-16-15-9-17(27)22-23(28)18(31)6-7-24(22,4)21(15)19(32)10-25(16,5)26(12,35-14(3)30)20(33)11-34-13(2)29/h6-7,12,15-17,19,21,32H,8-11H2,1-5H3/t12?,15-,16-,17?,19?,21+,24+,25-,26-/m0/s1. The molecule has 0 spiro atoms. The van der Waals surface area contributed by atoms with Crippen LogP contribution < -0.4 is 0 Å². The Balaban J connectivity index is 1.82. The summed E-state index contributed by atoms with van der Waals surface area (Å²) in [7, 11) is 0. The molecular weight excluding hydrogens is 462 g/mol. The zero-order valence-electron chi connectivity index (χ0n) is 20.6. The topological polar surface area (TPSA) is 107 Å². The SMILES string of the molecule is CC(=O)OCC(=O)[C@@]1(OC(C)=O)C(C)C[C@H]2[C@@H]3CC(F)C4=C(F)C(=O)C=C[C@]4(C)[C@H]3C(O)C[C@@]21C. The second-order valence-electron chi connectivity index (χ2n) is 11.1. The summed E-state index contributed by atoms with van der Waals surface area (Å²) in [6.07, 6.45) is 0.0655. The number of esters is 2. The first-order chi connectivity index (χ1) is 16.2. The highest BCUT2D eigenvalue weighted by Crippen LogP contribution is 2.69. The Morgan fingerprint density at radius 2 is 1.83 bits per heavy atom. The largest absolute Gasteiger partial charge is 0.458 e. The predicted octanol–water partition coefficient (Wildman–Crippen LogP) is 3.19. The number of hydrogen-bond acceptors (Lipinski definition) is 7. The van der Waals surface area contributed by atoms with Crippen LogP contribution in [-0.2, 0) is 28.7 Å². The fourth-order valence-corrected chi connectivity index (χ4v) is 8.12. The lowest BCUT2D eigenvalue weighted by Gasteiger charge is -2.60. The third-order valence-electron chi connectivity index (χ3n) is 9.22. The summed E-state index contributed by atoms with van der Waals surface area (Å²) in [6, 6.07) is 0. The van der Waals surface area contributed by atoms with Gasteiger partial charge in [-0.1, -0.05) is 26.8 Å². The van der Waals surface area contributed by atoms with Crippen molar-refractivity contribution in [3.63, 3.8) is 0 Å². The number of ketones is 2. The summed E-state index contributed by atoms with van der Waals surface area (Å²) < 4.78 is 41.1. The van der Waals surface area contributed by atoms with Crippen molar-refractivity contribution in [1.29, 1.82) is 0 Å². The smallest absolute Gasteiger partial charge is 0.303 e. The van der Waals surface area contributed by atoms with Crippen molar-refractivity contribution in [2.24, 2.45) is 34.5 Å². The zero-order valence-corrected chi connectivity index (χ0v) is 20.6. The molecule has 0 aromatic heterocycles. The van der Waals surface area contributed by atoms with Crippen LogP contribution in [0, 0.1) is 34.5 Å². The number of rotatable bonds is 4. The van der Waals surface area contributed by atoms with E-state index in [-0.39, 0.29) is 24.3 Å². The van der Waals surface area contributed by atoms with Gasteiger partial charge in [0.25, 0.3) is 0 Å². The van der Waals surface area contributed by atoms with Gasteiger partial charge in [0.15, 0.2) is 18.0 Å². The molecule has 0 saturated heterocycles. The Morgan fingerprint density at radius 3 is 2.43 bits per heavy atom. The lowest BCUT2D eigenvalue weighted by Crippen LogP contribution is -2.65. The molecule has 0 radical (unpaired) electrons. The minimum atomic E-state index is -1.74. The van der Waals surface area contributed by atoms with Crippen LogP contribution >= 0.6 is 0 Å². The van der Waals surface area contributed by atoms with E-state index in [1.54, 1.807) is 20.8 Å². The average Bonchev–Trinajstić information content (AvgIpc) is 2.96. The van der Waals surface area contributed by atoms with Crippen LogP contribution in [0.1, 0.15) is 53.9 Å². The van der Waals surface area contributed by atoms with Crippen LogP contribution in [0.2, 0.25) is 0 Å². The first kappa shape index (κ1) is 25.7. The van der Waals surface area contributed by atoms with Crippen LogP contribution in [0.3, 0.4) is 0 Å². The quantitative estimate of drug-likeness (QED) is 0.598. The Hall–Kier alpha value is -2.42. The molecule has 4 aliphatic carbocycles. The number of allylic oxidation sites excluding steroid dienone is 4. The predicted molar refractivity (Wildman–Crippen MR) is 119 cm³/mol. The third-order valence-corrected chi connectivity index (χ3v) is 9.22. The molecule has 7 nitrogen and oxygen atoms in total. The van der Waals surface area contributed by atoms with Crippen molar-refractivity contribution in [3.8, 4) is 0 Å². The highest BCUT2D eigenvalue weighted by molar-refractivity contribution is 6.04. The van der Waals surface area contributed by atoms with Crippen LogP contribution in [0.5, 0.6) is 0 Å². The van der Waals surface area contributed by atoms with E-state index in [1.165, 1.54) is 19.9 Å². The van der Waals surface area contributed by atoms with E-state index in [0.717, 1.165) is 6.08 Å². The monoisotopic (exact) mass is 494 g/mol. The summed E-state index contributed by atoms with van der Waals surface area (Å²) in [5.41, 5.74) is -4.20. The van der Waals surface area contributed by atoms with E-state index >= 15 is 4.39 Å². The highest BCUT2D eigenvalue weighted by Gasteiger charge is 2.73. The van der Waals surface area contributed by atoms with Crippen molar-refractivity contribution in [2.75, 3.05) is 6.61 Å². The molecule has 3 unspecified atom stereocenters. The van der Waals surface area contributed by atoms with Crippen molar-refractivity contribution >= 4 is 23.5 Å². The Bertz CT molecular complexity index is 1050. The van der Waals surface area contributed by atoms with E-state index in [0.29, 0.717) is 6.42 Å². The minimum absolute atomic E-state index is 0.0332. The van der Waals surface area contributed by atoms with Gasteiger partial charge in [-0.2, -0.15) is 0 Å². The molecule has 9 heteroatoms. The Morgan fingerprint density at radius 1 is 1.17 bits per heavy atom. The molecule has 4 rings (SSSR count). The molecule has 0 aromatic carbocycles. The number of hydrogen-bond donors (Lipinski definition) is 1. The molecule has 0 amide bonds. The first-order valence-electron chi connectivity index (χ1n) is 12.0. The van der Waals surface area contributed by atoms with Gasteiger partial charge in [0.1, 0.15) is 6.17 Å². The first-order valence-corrected chi connectivity index (χ1v) is 12.0.